The first kappa shape index (κ1) is 8.61. The molecule has 0 aliphatic heterocycles. The van der Waals surface area contributed by atoms with E-state index >= 15 is 0 Å². The van der Waals surface area contributed by atoms with Crippen molar-refractivity contribution in [2.75, 3.05) is 7.11 Å². The predicted molar refractivity (Wildman–Crippen MR) is 61.5 cm³/mol. The maximum absolute atomic E-state index is 5.18. The van der Waals surface area contributed by atoms with E-state index in [4.69, 9.17) is 4.74 Å². The predicted octanol–water partition coefficient (Wildman–Crippen LogP) is 2.85. The van der Waals surface area contributed by atoms with Crippen molar-refractivity contribution in [3.63, 3.8) is 0 Å². The van der Waals surface area contributed by atoms with E-state index in [1.54, 1.807) is 7.11 Å². The van der Waals surface area contributed by atoms with Crippen LogP contribution >= 0.6 is 11.5 Å². The van der Waals surface area contributed by atoms with Gasteiger partial charge in [-0.2, -0.15) is 4.37 Å². The molecule has 0 spiro atoms. The van der Waals surface area contributed by atoms with Crippen molar-refractivity contribution in [2.45, 2.75) is 0 Å². The van der Waals surface area contributed by atoms with Gasteiger partial charge in [-0.1, -0.05) is 0 Å². The average molecular weight is 216 g/mol. The first-order valence-corrected chi connectivity index (χ1v) is 5.33. The van der Waals surface area contributed by atoms with Gasteiger partial charge in [-0.25, -0.2) is 4.98 Å². The molecule has 4 heteroatoms. The standard InChI is InChI=1S/C11H8N2OS/c1-14-9-2-3-10-7(5-9)4-8-6-12-15-11(8)13-10/h2-6H,1H3. The number of methoxy groups -OCH3 is 1. The third-order valence-electron chi connectivity index (χ3n) is 2.35. The highest BCUT2D eigenvalue weighted by atomic mass is 32.1. The Hall–Kier alpha value is -1.68. The second-order valence-electron chi connectivity index (χ2n) is 3.27. The molecule has 15 heavy (non-hydrogen) atoms. The van der Waals surface area contributed by atoms with E-state index in [0.717, 1.165) is 26.9 Å². The lowest BCUT2D eigenvalue weighted by molar-refractivity contribution is 0.415. The fourth-order valence-corrected chi connectivity index (χ4v) is 2.20. The van der Waals surface area contributed by atoms with Crippen LogP contribution in [-0.4, -0.2) is 16.5 Å². The summed E-state index contributed by atoms with van der Waals surface area (Å²) < 4.78 is 9.29. The summed E-state index contributed by atoms with van der Waals surface area (Å²) in [5.41, 5.74) is 0.979. The van der Waals surface area contributed by atoms with Crippen LogP contribution in [0, 0.1) is 0 Å². The van der Waals surface area contributed by atoms with Gasteiger partial charge in [-0.3, -0.25) is 0 Å². The van der Waals surface area contributed by atoms with Crippen LogP contribution in [-0.2, 0) is 0 Å². The normalized spacial score (nSPS) is 11.0. The van der Waals surface area contributed by atoms with Gasteiger partial charge in [0.1, 0.15) is 10.6 Å². The fraction of sp³-hybridized carbons (Fsp3) is 0.0909. The van der Waals surface area contributed by atoms with Crippen LogP contribution in [0.1, 0.15) is 0 Å². The van der Waals surface area contributed by atoms with E-state index in [9.17, 15) is 0 Å². The largest absolute Gasteiger partial charge is 0.497 e. The van der Waals surface area contributed by atoms with Crippen molar-refractivity contribution in [2.24, 2.45) is 0 Å². The van der Waals surface area contributed by atoms with Gasteiger partial charge < -0.3 is 4.74 Å². The Balaban J connectivity index is 2.38. The highest BCUT2D eigenvalue weighted by Crippen LogP contribution is 2.24. The summed E-state index contributed by atoms with van der Waals surface area (Å²) in [5, 5.41) is 2.17. The van der Waals surface area contributed by atoms with Gasteiger partial charge in [0.05, 0.1) is 18.8 Å². The van der Waals surface area contributed by atoms with Crippen LogP contribution in [0.2, 0.25) is 0 Å². The number of aromatic nitrogens is 2. The third-order valence-corrected chi connectivity index (χ3v) is 3.06. The number of fused-ring (bicyclic) bond motifs is 2. The number of ether oxygens (including phenoxy) is 1. The molecule has 0 unspecified atom stereocenters. The second kappa shape index (κ2) is 3.17. The third kappa shape index (κ3) is 1.34. The molecule has 0 aliphatic carbocycles. The zero-order chi connectivity index (χ0) is 10.3. The van der Waals surface area contributed by atoms with Gasteiger partial charge in [0.2, 0.25) is 0 Å². The molecular weight excluding hydrogens is 208 g/mol. The zero-order valence-electron chi connectivity index (χ0n) is 8.10. The van der Waals surface area contributed by atoms with Gasteiger partial charge >= 0.3 is 0 Å². The van der Waals surface area contributed by atoms with E-state index in [1.165, 1.54) is 11.5 Å². The van der Waals surface area contributed by atoms with Gasteiger partial charge in [-0.05, 0) is 35.8 Å². The average Bonchev–Trinajstić information content (AvgIpc) is 2.72. The van der Waals surface area contributed by atoms with Crippen LogP contribution in [0.4, 0.5) is 0 Å². The van der Waals surface area contributed by atoms with E-state index in [1.807, 2.05) is 24.4 Å². The summed E-state index contributed by atoms with van der Waals surface area (Å²) in [6.07, 6.45) is 1.84. The minimum Gasteiger partial charge on any atom is -0.497 e. The number of pyridine rings is 1. The van der Waals surface area contributed by atoms with Crippen LogP contribution in [0.25, 0.3) is 21.1 Å². The quantitative estimate of drug-likeness (QED) is 0.627. The molecule has 1 aromatic carbocycles. The molecule has 2 aromatic heterocycles. The van der Waals surface area contributed by atoms with Crippen LogP contribution in [0.15, 0.2) is 30.5 Å². The Kier molecular flexibility index (Phi) is 1.82. The highest BCUT2D eigenvalue weighted by molar-refractivity contribution is 7.12. The lowest BCUT2D eigenvalue weighted by Crippen LogP contribution is -1.83. The lowest BCUT2D eigenvalue weighted by atomic mass is 10.2. The van der Waals surface area contributed by atoms with Crippen LogP contribution in [0.5, 0.6) is 5.75 Å². The molecule has 0 N–H and O–H groups in total. The van der Waals surface area contributed by atoms with Crippen molar-refractivity contribution in [1.29, 1.82) is 0 Å². The topological polar surface area (TPSA) is 35.0 Å². The van der Waals surface area contributed by atoms with Crippen molar-refractivity contribution < 1.29 is 4.74 Å². The lowest BCUT2D eigenvalue weighted by Gasteiger charge is -2.01. The Morgan fingerprint density at radius 3 is 3.00 bits per heavy atom. The smallest absolute Gasteiger partial charge is 0.144 e. The van der Waals surface area contributed by atoms with Gasteiger partial charge in [0, 0.05) is 10.8 Å². The van der Waals surface area contributed by atoms with Crippen LogP contribution in [0.3, 0.4) is 0 Å². The Morgan fingerprint density at radius 2 is 2.13 bits per heavy atom. The van der Waals surface area contributed by atoms with Crippen molar-refractivity contribution >= 4 is 32.7 Å². The number of rotatable bonds is 1. The molecule has 2 heterocycles. The van der Waals surface area contributed by atoms with E-state index in [2.05, 4.69) is 15.4 Å². The molecule has 3 rings (SSSR count). The second-order valence-corrected chi connectivity index (χ2v) is 4.05. The van der Waals surface area contributed by atoms with Crippen LogP contribution < -0.4 is 4.74 Å². The SMILES string of the molecule is COc1ccc2nc3sncc3cc2c1. The number of benzene rings is 1. The molecule has 0 amide bonds. The highest BCUT2D eigenvalue weighted by Gasteiger charge is 2.02. The van der Waals surface area contributed by atoms with E-state index in [-0.39, 0.29) is 0 Å². The molecule has 0 atom stereocenters. The summed E-state index contributed by atoms with van der Waals surface area (Å²) in [7, 11) is 1.67. The minimum absolute atomic E-state index is 0.854. The molecular formula is C11H8N2OS. The molecule has 0 saturated carbocycles. The first-order valence-electron chi connectivity index (χ1n) is 4.56. The van der Waals surface area contributed by atoms with Crippen molar-refractivity contribution in [3.8, 4) is 5.75 Å². The molecule has 3 aromatic rings. The Morgan fingerprint density at radius 1 is 1.20 bits per heavy atom. The monoisotopic (exact) mass is 216 g/mol. The molecule has 0 bridgehead atoms. The molecule has 74 valence electrons. The first-order chi connectivity index (χ1) is 7.36. The molecule has 0 saturated heterocycles. The van der Waals surface area contributed by atoms with Gasteiger partial charge in [0.15, 0.2) is 0 Å². The zero-order valence-corrected chi connectivity index (χ0v) is 8.91. The fourth-order valence-electron chi connectivity index (χ4n) is 1.58. The van der Waals surface area contributed by atoms with Crippen molar-refractivity contribution in [1.82, 2.24) is 9.36 Å². The number of hydrogen-bond acceptors (Lipinski definition) is 4. The van der Waals surface area contributed by atoms with E-state index < -0.39 is 0 Å². The van der Waals surface area contributed by atoms with Gasteiger partial charge in [0.25, 0.3) is 0 Å². The van der Waals surface area contributed by atoms with Gasteiger partial charge in [-0.15, -0.1) is 0 Å². The molecule has 0 fully saturated rings. The molecule has 0 aliphatic rings. The molecule has 0 radical (unpaired) electrons. The summed E-state index contributed by atoms with van der Waals surface area (Å²) >= 11 is 1.42. The Labute approximate surface area is 90.5 Å². The summed E-state index contributed by atoms with van der Waals surface area (Å²) in [6, 6.07) is 7.96. The summed E-state index contributed by atoms with van der Waals surface area (Å²) in [6.45, 7) is 0. The van der Waals surface area contributed by atoms with Crippen molar-refractivity contribution in [3.05, 3.63) is 30.5 Å². The van der Waals surface area contributed by atoms with E-state index in [0.29, 0.717) is 0 Å². The maximum atomic E-state index is 5.18. The minimum atomic E-state index is 0.854. The maximum Gasteiger partial charge on any atom is 0.144 e. The summed E-state index contributed by atoms with van der Waals surface area (Å²) in [4.78, 5) is 5.49. The number of hydrogen-bond donors (Lipinski definition) is 0. The summed E-state index contributed by atoms with van der Waals surface area (Å²) in [5.74, 6) is 0.854. The number of nitrogens with zero attached hydrogens (tertiary/aromatic N) is 2. The molecule has 3 nitrogen and oxygen atoms in total. The Bertz CT molecular complexity index is 633.